The average Bonchev–Trinajstić information content (AvgIpc) is 3.18. The molecule has 4 rings (SSSR count). The van der Waals surface area contributed by atoms with Crippen LogP contribution >= 0.6 is 0 Å². The Balaban J connectivity index is 1.24. The molecule has 3 fully saturated rings. The largest absolute Gasteiger partial charge is 0.311 e. The summed E-state index contributed by atoms with van der Waals surface area (Å²) < 4.78 is 0. The fraction of sp³-hybridized carbons (Fsp3) is 0.588. The molecule has 20 heavy (non-hydrogen) atoms. The number of carbonyl (C=O) groups excluding carboxylic acids is 1. The molecule has 0 aromatic heterocycles. The Morgan fingerprint density at radius 2 is 1.85 bits per heavy atom. The molecule has 1 aromatic carbocycles. The van der Waals surface area contributed by atoms with Crippen molar-refractivity contribution in [3.63, 3.8) is 0 Å². The van der Waals surface area contributed by atoms with Crippen LogP contribution in [0.3, 0.4) is 0 Å². The first-order valence-corrected chi connectivity index (χ1v) is 7.77. The first-order valence-electron chi connectivity index (χ1n) is 7.77. The van der Waals surface area contributed by atoms with E-state index >= 15 is 0 Å². The lowest BCUT2D eigenvalue weighted by Gasteiger charge is -2.59. The Morgan fingerprint density at radius 1 is 1.15 bits per heavy atom. The second-order valence-electron chi connectivity index (χ2n) is 7.05. The van der Waals surface area contributed by atoms with E-state index in [1.54, 1.807) is 0 Å². The van der Waals surface area contributed by atoms with Crippen LogP contribution in [0.1, 0.15) is 41.6 Å². The number of likely N-dealkylation sites (tertiary alicyclic amines) is 1. The Bertz CT molecular complexity index is 492. The maximum atomic E-state index is 10.6. The molecule has 1 spiro atoms. The van der Waals surface area contributed by atoms with Crippen LogP contribution in [0.2, 0.25) is 0 Å². The van der Waals surface area contributed by atoms with Crippen LogP contribution in [0.5, 0.6) is 0 Å². The Morgan fingerprint density at radius 3 is 2.45 bits per heavy atom. The quantitative estimate of drug-likeness (QED) is 0.833. The van der Waals surface area contributed by atoms with Gasteiger partial charge in [0.1, 0.15) is 6.29 Å². The van der Waals surface area contributed by atoms with Gasteiger partial charge in [0.05, 0.1) is 0 Å². The van der Waals surface area contributed by atoms with Gasteiger partial charge in [0.25, 0.3) is 0 Å². The van der Waals surface area contributed by atoms with Gasteiger partial charge in [-0.2, -0.15) is 0 Å². The zero-order valence-corrected chi connectivity index (χ0v) is 11.8. The predicted octanol–water partition coefficient (Wildman–Crippen LogP) is 2.22. The summed E-state index contributed by atoms with van der Waals surface area (Å²) in [5, 5.41) is 3.74. The van der Waals surface area contributed by atoms with Crippen molar-refractivity contribution in [3.05, 3.63) is 35.4 Å². The van der Waals surface area contributed by atoms with E-state index in [0.717, 1.165) is 30.5 Å². The van der Waals surface area contributed by atoms with Crippen LogP contribution in [0.15, 0.2) is 24.3 Å². The van der Waals surface area contributed by atoms with Gasteiger partial charge in [-0.15, -0.1) is 0 Å². The van der Waals surface area contributed by atoms with Gasteiger partial charge in [0.2, 0.25) is 0 Å². The summed E-state index contributed by atoms with van der Waals surface area (Å²) in [6, 6.07) is 9.63. The monoisotopic (exact) mass is 270 g/mol. The molecule has 0 atom stereocenters. The molecule has 0 unspecified atom stereocenters. The van der Waals surface area contributed by atoms with Crippen LogP contribution in [0, 0.1) is 5.41 Å². The second kappa shape index (κ2) is 4.68. The molecule has 0 amide bonds. The highest BCUT2D eigenvalue weighted by atomic mass is 16.1. The van der Waals surface area contributed by atoms with E-state index < -0.39 is 0 Å². The van der Waals surface area contributed by atoms with Crippen molar-refractivity contribution < 1.29 is 4.79 Å². The molecule has 1 heterocycles. The summed E-state index contributed by atoms with van der Waals surface area (Å²) in [6.07, 6.45) is 6.46. The van der Waals surface area contributed by atoms with Crippen molar-refractivity contribution in [1.82, 2.24) is 10.2 Å². The zero-order valence-electron chi connectivity index (χ0n) is 11.8. The van der Waals surface area contributed by atoms with Crippen LogP contribution in [0.4, 0.5) is 0 Å². The van der Waals surface area contributed by atoms with E-state index in [0.29, 0.717) is 5.41 Å². The molecule has 1 saturated heterocycles. The summed E-state index contributed by atoms with van der Waals surface area (Å²) in [5.41, 5.74) is 2.72. The number of carbonyl (C=O) groups is 1. The van der Waals surface area contributed by atoms with E-state index in [4.69, 9.17) is 0 Å². The van der Waals surface area contributed by atoms with Crippen molar-refractivity contribution in [1.29, 1.82) is 0 Å². The predicted molar refractivity (Wildman–Crippen MR) is 78.7 cm³/mol. The van der Waals surface area contributed by atoms with Gasteiger partial charge < -0.3 is 5.32 Å². The van der Waals surface area contributed by atoms with E-state index in [2.05, 4.69) is 22.3 Å². The molecule has 1 aromatic rings. The highest BCUT2D eigenvalue weighted by Crippen LogP contribution is 2.49. The summed E-state index contributed by atoms with van der Waals surface area (Å²) in [7, 11) is 0. The molecule has 1 aliphatic heterocycles. The Labute approximate surface area is 120 Å². The van der Waals surface area contributed by atoms with Gasteiger partial charge in [-0.25, -0.2) is 0 Å². The number of hydrogen-bond acceptors (Lipinski definition) is 3. The highest BCUT2D eigenvalue weighted by molar-refractivity contribution is 5.74. The minimum atomic E-state index is 0.634. The molecule has 3 heteroatoms. The zero-order chi connectivity index (χ0) is 13.6. The van der Waals surface area contributed by atoms with Gasteiger partial charge in [-0.3, -0.25) is 9.69 Å². The first kappa shape index (κ1) is 12.5. The number of benzene rings is 1. The van der Waals surface area contributed by atoms with Gasteiger partial charge >= 0.3 is 0 Å². The van der Waals surface area contributed by atoms with Gasteiger partial charge in [0.15, 0.2) is 0 Å². The SMILES string of the molecule is O=Cc1ccc(CN2CC3(CC(NC4CC4)C3)C2)cc1. The third kappa shape index (κ3) is 2.40. The van der Waals surface area contributed by atoms with E-state index in [1.165, 1.54) is 44.3 Å². The molecule has 0 radical (unpaired) electrons. The molecule has 1 N–H and O–H groups in total. The summed E-state index contributed by atoms with van der Waals surface area (Å²) in [4.78, 5) is 13.2. The summed E-state index contributed by atoms with van der Waals surface area (Å²) >= 11 is 0. The third-order valence-electron chi connectivity index (χ3n) is 5.05. The summed E-state index contributed by atoms with van der Waals surface area (Å²) in [5.74, 6) is 0. The van der Waals surface area contributed by atoms with E-state index in [-0.39, 0.29) is 0 Å². The molecule has 106 valence electrons. The highest BCUT2D eigenvalue weighted by Gasteiger charge is 2.52. The molecular formula is C17H22N2O. The van der Waals surface area contributed by atoms with Crippen molar-refractivity contribution in [3.8, 4) is 0 Å². The topological polar surface area (TPSA) is 32.3 Å². The maximum Gasteiger partial charge on any atom is 0.150 e. The lowest BCUT2D eigenvalue weighted by atomic mass is 9.60. The Hall–Kier alpha value is -1.19. The van der Waals surface area contributed by atoms with E-state index in [9.17, 15) is 4.79 Å². The lowest BCUT2D eigenvalue weighted by Crippen LogP contribution is -2.65. The van der Waals surface area contributed by atoms with Gasteiger partial charge in [0, 0.05) is 37.3 Å². The fourth-order valence-corrected chi connectivity index (χ4v) is 3.92. The van der Waals surface area contributed by atoms with Crippen LogP contribution in [-0.4, -0.2) is 36.4 Å². The molecule has 3 aliphatic rings. The minimum Gasteiger partial charge on any atom is -0.311 e. The molecule has 3 nitrogen and oxygen atoms in total. The molecule has 0 bridgehead atoms. The van der Waals surface area contributed by atoms with Crippen molar-refractivity contribution in [2.45, 2.75) is 44.3 Å². The van der Waals surface area contributed by atoms with Gasteiger partial charge in [-0.05, 0) is 36.7 Å². The third-order valence-corrected chi connectivity index (χ3v) is 5.05. The summed E-state index contributed by atoms with van der Waals surface area (Å²) in [6.45, 7) is 3.54. The molecule has 2 saturated carbocycles. The van der Waals surface area contributed by atoms with Crippen molar-refractivity contribution in [2.24, 2.45) is 5.41 Å². The number of nitrogens with one attached hydrogen (secondary N) is 1. The lowest BCUT2D eigenvalue weighted by molar-refractivity contribution is -0.0832. The Kier molecular flexibility index (Phi) is 2.93. The smallest absolute Gasteiger partial charge is 0.150 e. The second-order valence-corrected chi connectivity index (χ2v) is 7.05. The van der Waals surface area contributed by atoms with Crippen LogP contribution in [0.25, 0.3) is 0 Å². The van der Waals surface area contributed by atoms with Gasteiger partial charge in [-0.1, -0.05) is 24.3 Å². The van der Waals surface area contributed by atoms with Crippen molar-refractivity contribution in [2.75, 3.05) is 13.1 Å². The maximum absolute atomic E-state index is 10.6. The number of hydrogen-bond donors (Lipinski definition) is 1. The number of nitrogens with zero attached hydrogens (tertiary/aromatic N) is 1. The van der Waals surface area contributed by atoms with Crippen LogP contribution in [-0.2, 0) is 6.54 Å². The average molecular weight is 270 g/mol. The minimum absolute atomic E-state index is 0.634. The molecule has 2 aliphatic carbocycles. The first-order chi connectivity index (χ1) is 9.75. The number of rotatable bonds is 5. The standard InChI is InChI=1S/C17H22N2O/c20-10-14-3-1-13(2-4-14)9-19-11-17(12-19)7-16(8-17)18-15-5-6-15/h1-4,10,15-16,18H,5-9,11-12H2. The van der Waals surface area contributed by atoms with E-state index in [1.807, 2.05) is 12.1 Å². The van der Waals surface area contributed by atoms with Crippen LogP contribution < -0.4 is 5.32 Å². The normalized spacial score (nSPS) is 25.2. The number of aldehydes is 1. The van der Waals surface area contributed by atoms with Crippen molar-refractivity contribution >= 4 is 6.29 Å². The molecular weight excluding hydrogens is 248 g/mol. The fourth-order valence-electron chi connectivity index (χ4n) is 3.92.